The summed E-state index contributed by atoms with van der Waals surface area (Å²) in [6.07, 6.45) is 4.96. The molecule has 1 amide bonds. The summed E-state index contributed by atoms with van der Waals surface area (Å²) in [6.45, 7) is 2.43. The molecule has 0 spiro atoms. The zero-order chi connectivity index (χ0) is 19.2. The van der Waals surface area contributed by atoms with E-state index in [2.05, 4.69) is 10.3 Å². The molecule has 148 valence electrons. The SMILES string of the molecule is O=C(CCSc1ccc2c(c1)OCCO2)N[C@H]1COC[C@H]1Cc1ccncc1. The van der Waals surface area contributed by atoms with Crippen LogP contribution < -0.4 is 14.8 Å². The summed E-state index contributed by atoms with van der Waals surface area (Å²) in [5.74, 6) is 2.66. The number of rotatable bonds is 7. The minimum Gasteiger partial charge on any atom is -0.486 e. The molecule has 0 unspecified atom stereocenters. The van der Waals surface area contributed by atoms with Crippen molar-refractivity contribution in [2.45, 2.75) is 23.8 Å². The molecule has 1 fully saturated rings. The standard InChI is InChI=1S/C21H24N2O4S/c24-21(5-10-28-17-1-2-19-20(12-17)27-9-8-26-19)23-18-14-25-13-16(18)11-15-3-6-22-7-4-15/h1-4,6-7,12,16,18H,5,8-11,13-14H2,(H,23,24)/t16-,18+/m1/s1. The van der Waals surface area contributed by atoms with Gasteiger partial charge in [-0.05, 0) is 42.3 Å². The molecule has 1 aromatic heterocycles. The first-order valence-electron chi connectivity index (χ1n) is 9.56. The number of pyridine rings is 1. The number of aromatic nitrogens is 1. The number of benzene rings is 1. The van der Waals surface area contributed by atoms with Gasteiger partial charge in [0.05, 0.1) is 19.3 Å². The van der Waals surface area contributed by atoms with E-state index in [1.165, 1.54) is 5.56 Å². The third-order valence-corrected chi connectivity index (χ3v) is 5.90. The highest BCUT2D eigenvalue weighted by Gasteiger charge is 2.29. The van der Waals surface area contributed by atoms with Gasteiger partial charge in [0.2, 0.25) is 5.91 Å². The molecule has 2 aromatic rings. The van der Waals surface area contributed by atoms with Crippen molar-refractivity contribution in [3.8, 4) is 11.5 Å². The molecular formula is C21H24N2O4S. The lowest BCUT2D eigenvalue weighted by molar-refractivity contribution is -0.121. The minimum absolute atomic E-state index is 0.0694. The molecule has 1 N–H and O–H groups in total. The minimum atomic E-state index is 0.0694. The molecule has 6 nitrogen and oxygen atoms in total. The molecule has 2 atom stereocenters. The van der Waals surface area contributed by atoms with Gasteiger partial charge in [-0.25, -0.2) is 0 Å². The van der Waals surface area contributed by atoms with Crippen molar-refractivity contribution in [2.75, 3.05) is 32.2 Å². The fourth-order valence-electron chi connectivity index (χ4n) is 3.43. The van der Waals surface area contributed by atoms with E-state index in [0.29, 0.717) is 44.5 Å². The van der Waals surface area contributed by atoms with Gasteiger partial charge in [0.25, 0.3) is 0 Å². The summed E-state index contributed by atoms with van der Waals surface area (Å²) in [6, 6.07) is 10.0. The van der Waals surface area contributed by atoms with E-state index in [9.17, 15) is 4.79 Å². The Morgan fingerprint density at radius 2 is 1.93 bits per heavy atom. The molecule has 2 aliphatic rings. The molecule has 0 bridgehead atoms. The number of amides is 1. The second-order valence-corrected chi connectivity index (χ2v) is 8.10. The van der Waals surface area contributed by atoms with Gasteiger partial charge in [0, 0.05) is 35.4 Å². The Kier molecular flexibility index (Phi) is 6.34. The maximum atomic E-state index is 12.4. The number of thioether (sulfide) groups is 1. The van der Waals surface area contributed by atoms with Crippen molar-refractivity contribution in [3.63, 3.8) is 0 Å². The fraction of sp³-hybridized carbons (Fsp3) is 0.429. The number of carbonyl (C=O) groups is 1. The predicted octanol–water partition coefficient (Wildman–Crippen LogP) is 2.71. The van der Waals surface area contributed by atoms with Crippen LogP contribution in [-0.4, -0.2) is 49.1 Å². The van der Waals surface area contributed by atoms with E-state index < -0.39 is 0 Å². The molecule has 4 rings (SSSR count). The Morgan fingerprint density at radius 3 is 2.79 bits per heavy atom. The molecule has 2 aliphatic heterocycles. The number of nitrogens with one attached hydrogen (secondary N) is 1. The van der Waals surface area contributed by atoms with Crippen molar-refractivity contribution in [1.29, 1.82) is 0 Å². The second-order valence-electron chi connectivity index (χ2n) is 6.94. The first-order valence-corrected chi connectivity index (χ1v) is 10.5. The summed E-state index contributed by atoms with van der Waals surface area (Å²) in [7, 11) is 0. The fourth-order valence-corrected chi connectivity index (χ4v) is 4.31. The summed E-state index contributed by atoms with van der Waals surface area (Å²) in [5.41, 5.74) is 1.22. The Hall–Kier alpha value is -2.25. The molecule has 0 aliphatic carbocycles. The van der Waals surface area contributed by atoms with Crippen LogP contribution >= 0.6 is 11.8 Å². The Bertz CT molecular complexity index is 802. The van der Waals surface area contributed by atoms with Crippen LogP contribution in [0.5, 0.6) is 11.5 Å². The van der Waals surface area contributed by atoms with Crippen LogP contribution in [0.1, 0.15) is 12.0 Å². The van der Waals surface area contributed by atoms with E-state index in [1.54, 1.807) is 24.2 Å². The van der Waals surface area contributed by atoms with E-state index in [-0.39, 0.29) is 11.9 Å². The average Bonchev–Trinajstić information content (AvgIpc) is 3.15. The van der Waals surface area contributed by atoms with Crippen LogP contribution in [0, 0.1) is 5.92 Å². The maximum absolute atomic E-state index is 12.4. The van der Waals surface area contributed by atoms with Crippen molar-refractivity contribution < 1.29 is 19.0 Å². The number of nitrogens with zero attached hydrogens (tertiary/aromatic N) is 1. The lowest BCUT2D eigenvalue weighted by Crippen LogP contribution is -2.40. The van der Waals surface area contributed by atoms with E-state index in [1.807, 2.05) is 30.3 Å². The molecule has 0 saturated carbocycles. The summed E-state index contributed by atoms with van der Waals surface area (Å²) in [5, 5.41) is 3.15. The molecule has 28 heavy (non-hydrogen) atoms. The zero-order valence-electron chi connectivity index (χ0n) is 15.6. The Balaban J connectivity index is 1.23. The number of hydrogen-bond acceptors (Lipinski definition) is 6. The Labute approximate surface area is 169 Å². The second kappa shape index (κ2) is 9.30. The Morgan fingerprint density at radius 1 is 1.11 bits per heavy atom. The van der Waals surface area contributed by atoms with Gasteiger partial charge in [0.1, 0.15) is 13.2 Å². The highest BCUT2D eigenvalue weighted by atomic mass is 32.2. The quantitative estimate of drug-likeness (QED) is 0.721. The number of hydrogen-bond donors (Lipinski definition) is 1. The molecule has 1 saturated heterocycles. The highest BCUT2D eigenvalue weighted by Crippen LogP contribution is 2.34. The van der Waals surface area contributed by atoms with E-state index >= 15 is 0 Å². The maximum Gasteiger partial charge on any atom is 0.221 e. The van der Waals surface area contributed by atoms with Crippen LogP contribution in [0.3, 0.4) is 0 Å². The lowest BCUT2D eigenvalue weighted by atomic mass is 9.95. The van der Waals surface area contributed by atoms with Gasteiger partial charge < -0.3 is 19.5 Å². The van der Waals surface area contributed by atoms with Crippen LogP contribution in [0.15, 0.2) is 47.6 Å². The molecule has 3 heterocycles. The van der Waals surface area contributed by atoms with Gasteiger partial charge >= 0.3 is 0 Å². The van der Waals surface area contributed by atoms with Gasteiger partial charge in [-0.1, -0.05) is 0 Å². The van der Waals surface area contributed by atoms with Crippen LogP contribution in [0.25, 0.3) is 0 Å². The first-order chi connectivity index (χ1) is 13.8. The van der Waals surface area contributed by atoms with Crippen LogP contribution in [-0.2, 0) is 16.0 Å². The number of fused-ring (bicyclic) bond motifs is 1. The van der Waals surface area contributed by atoms with Gasteiger partial charge in [-0.15, -0.1) is 11.8 Å². The van der Waals surface area contributed by atoms with Gasteiger partial charge in [0.15, 0.2) is 11.5 Å². The molecule has 7 heteroatoms. The average molecular weight is 401 g/mol. The van der Waals surface area contributed by atoms with E-state index in [0.717, 1.165) is 22.8 Å². The van der Waals surface area contributed by atoms with Crippen molar-refractivity contribution in [3.05, 3.63) is 48.3 Å². The van der Waals surface area contributed by atoms with Gasteiger partial charge in [-0.3, -0.25) is 9.78 Å². The van der Waals surface area contributed by atoms with Crippen molar-refractivity contribution >= 4 is 17.7 Å². The van der Waals surface area contributed by atoms with Crippen molar-refractivity contribution in [1.82, 2.24) is 10.3 Å². The lowest BCUT2D eigenvalue weighted by Gasteiger charge is -2.19. The van der Waals surface area contributed by atoms with Crippen molar-refractivity contribution in [2.24, 2.45) is 5.92 Å². The smallest absolute Gasteiger partial charge is 0.221 e. The summed E-state index contributed by atoms with van der Waals surface area (Å²) < 4.78 is 16.7. The molecular weight excluding hydrogens is 376 g/mol. The van der Waals surface area contributed by atoms with Crippen LogP contribution in [0.4, 0.5) is 0 Å². The number of ether oxygens (including phenoxy) is 3. The first kappa shape index (κ1) is 19.1. The molecule has 0 radical (unpaired) electrons. The summed E-state index contributed by atoms with van der Waals surface area (Å²) in [4.78, 5) is 17.5. The third kappa shape index (κ3) is 4.97. The van der Waals surface area contributed by atoms with E-state index in [4.69, 9.17) is 14.2 Å². The molecule has 1 aromatic carbocycles. The summed E-state index contributed by atoms with van der Waals surface area (Å²) >= 11 is 1.65. The highest BCUT2D eigenvalue weighted by molar-refractivity contribution is 7.99. The van der Waals surface area contributed by atoms with Crippen LogP contribution in [0.2, 0.25) is 0 Å². The van der Waals surface area contributed by atoms with Gasteiger partial charge in [-0.2, -0.15) is 0 Å². The largest absolute Gasteiger partial charge is 0.486 e. The monoisotopic (exact) mass is 400 g/mol. The third-order valence-electron chi connectivity index (χ3n) is 4.90. The predicted molar refractivity (Wildman–Crippen MR) is 107 cm³/mol. The topological polar surface area (TPSA) is 69.7 Å². The number of carbonyl (C=O) groups excluding carboxylic acids is 1. The normalized spacial score (nSPS) is 20.7. The zero-order valence-corrected chi connectivity index (χ0v) is 16.5.